The number of hydrogen-bond donors (Lipinski definition) is 2. The molecule has 0 aliphatic rings. The summed E-state index contributed by atoms with van der Waals surface area (Å²) in [5, 5.41) is 8.49. The second-order valence-corrected chi connectivity index (χ2v) is 4.57. The Balaban J connectivity index is 2.77. The zero-order chi connectivity index (χ0) is 11.5. The van der Waals surface area contributed by atoms with Gasteiger partial charge in [-0.2, -0.15) is 8.42 Å². The maximum Gasteiger partial charge on any atom is 0.307 e. The molecule has 0 aliphatic carbocycles. The quantitative estimate of drug-likeness (QED) is 0.743. The van der Waals surface area contributed by atoms with Crippen LogP contribution in [0.2, 0.25) is 0 Å². The zero-order valence-electron chi connectivity index (χ0n) is 7.75. The maximum absolute atomic E-state index is 10.5. The Kier molecular flexibility index (Phi) is 3.43. The minimum absolute atomic E-state index is 0.105. The first-order valence-electron chi connectivity index (χ1n) is 4.11. The van der Waals surface area contributed by atoms with E-state index in [4.69, 9.17) is 9.66 Å². The molecule has 0 aromatic heterocycles. The first-order chi connectivity index (χ1) is 6.87. The molecule has 1 aromatic rings. The van der Waals surface area contributed by atoms with E-state index in [1.807, 2.05) is 0 Å². The number of carbonyl (C=O) groups is 1. The lowest BCUT2D eigenvalue weighted by molar-refractivity contribution is -0.136. The van der Waals surface area contributed by atoms with Gasteiger partial charge in [0.05, 0.1) is 6.42 Å². The highest BCUT2D eigenvalue weighted by molar-refractivity contribution is 7.85. The monoisotopic (exact) mass is 230 g/mol. The summed E-state index contributed by atoms with van der Waals surface area (Å²) in [6.07, 6.45) is -0.105. The van der Waals surface area contributed by atoms with Gasteiger partial charge in [-0.1, -0.05) is 24.3 Å². The minimum Gasteiger partial charge on any atom is -0.481 e. The second kappa shape index (κ2) is 4.41. The van der Waals surface area contributed by atoms with Crippen molar-refractivity contribution < 1.29 is 22.9 Å². The first-order valence-corrected chi connectivity index (χ1v) is 5.72. The van der Waals surface area contributed by atoms with E-state index in [0.29, 0.717) is 11.1 Å². The third-order valence-electron chi connectivity index (χ3n) is 1.73. The van der Waals surface area contributed by atoms with Gasteiger partial charge >= 0.3 is 5.97 Å². The summed E-state index contributed by atoms with van der Waals surface area (Å²) in [4.78, 5) is 10.3. The van der Waals surface area contributed by atoms with Crippen LogP contribution in [0.25, 0.3) is 0 Å². The third kappa shape index (κ3) is 4.57. The highest BCUT2D eigenvalue weighted by Crippen LogP contribution is 2.08. The Morgan fingerprint density at radius 2 is 1.60 bits per heavy atom. The fraction of sp³-hybridized carbons (Fsp3) is 0.222. The van der Waals surface area contributed by atoms with Crippen molar-refractivity contribution in [2.45, 2.75) is 12.2 Å². The fourth-order valence-electron chi connectivity index (χ4n) is 1.14. The van der Waals surface area contributed by atoms with Gasteiger partial charge in [-0.15, -0.1) is 0 Å². The van der Waals surface area contributed by atoms with Crippen LogP contribution in [0, 0.1) is 0 Å². The number of rotatable bonds is 4. The lowest BCUT2D eigenvalue weighted by atomic mass is 10.1. The van der Waals surface area contributed by atoms with Crippen LogP contribution in [-0.2, 0) is 27.1 Å². The fourth-order valence-corrected chi connectivity index (χ4v) is 1.75. The van der Waals surface area contributed by atoms with Crippen LogP contribution in [0.4, 0.5) is 0 Å². The van der Waals surface area contributed by atoms with E-state index < -0.39 is 21.8 Å². The van der Waals surface area contributed by atoms with Gasteiger partial charge in [0.1, 0.15) is 5.75 Å². The highest BCUT2D eigenvalue weighted by atomic mass is 32.2. The lowest BCUT2D eigenvalue weighted by Crippen LogP contribution is -2.03. The second-order valence-electron chi connectivity index (χ2n) is 3.11. The van der Waals surface area contributed by atoms with E-state index in [1.54, 1.807) is 0 Å². The van der Waals surface area contributed by atoms with E-state index >= 15 is 0 Å². The number of aliphatic carboxylic acids is 1. The molecule has 0 bridgehead atoms. The van der Waals surface area contributed by atoms with Crippen molar-refractivity contribution in [3.63, 3.8) is 0 Å². The Morgan fingerprint density at radius 1 is 1.13 bits per heavy atom. The number of carboxylic acids is 1. The van der Waals surface area contributed by atoms with Crippen molar-refractivity contribution in [3.8, 4) is 0 Å². The van der Waals surface area contributed by atoms with E-state index in [0.717, 1.165) is 0 Å². The molecular formula is C9H10O5S. The molecule has 2 N–H and O–H groups in total. The molecule has 0 amide bonds. The minimum atomic E-state index is -4.03. The first kappa shape index (κ1) is 11.7. The predicted octanol–water partition coefficient (Wildman–Crippen LogP) is 0.702. The maximum atomic E-state index is 10.5. The molecule has 0 atom stereocenters. The van der Waals surface area contributed by atoms with Crippen LogP contribution in [0.1, 0.15) is 11.1 Å². The van der Waals surface area contributed by atoms with Crippen molar-refractivity contribution >= 4 is 16.1 Å². The zero-order valence-corrected chi connectivity index (χ0v) is 8.57. The van der Waals surface area contributed by atoms with Gasteiger partial charge in [-0.25, -0.2) is 0 Å². The van der Waals surface area contributed by atoms with Gasteiger partial charge in [0.2, 0.25) is 0 Å². The van der Waals surface area contributed by atoms with Gasteiger partial charge < -0.3 is 5.11 Å². The summed E-state index contributed by atoms with van der Waals surface area (Å²) in [7, 11) is -4.03. The average Bonchev–Trinajstić information content (AvgIpc) is 2.05. The van der Waals surface area contributed by atoms with Crippen LogP contribution in [0.15, 0.2) is 24.3 Å². The summed E-state index contributed by atoms with van der Waals surface area (Å²) >= 11 is 0. The number of benzene rings is 1. The van der Waals surface area contributed by atoms with Crippen molar-refractivity contribution in [1.82, 2.24) is 0 Å². The largest absolute Gasteiger partial charge is 0.481 e. The smallest absolute Gasteiger partial charge is 0.307 e. The van der Waals surface area contributed by atoms with Crippen LogP contribution in [0.5, 0.6) is 0 Å². The van der Waals surface area contributed by atoms with Crippen LogP contribution in [-0.4, -0.2) is 24.0 Å². The average molecular weight is 230 g/mol. The topological polar surface area (TPSA) is 91.7 Å². The molecule has 0 unspecified atom stereocenters. The van der Waals surface area contributed by atoms with Crippen LogP contribution >= 0.6 is 0 Å². The Bertz CT molecular complexity index is 446. The molecule has 15 heavy (non-hydrogen) atoms. The van der Waals surface area contributed by atoms with E-state index in [-0.39, 0.29) is 6.42 Å². The van der Waals surface area contributed by atoms with Crippen molar-refractivity contribution in [2.75, 3.05) is 0 Å². The Labute approximate surface area is 87.1 Å². The van der Waals surface area contributed by atoms with Gasteiger partial charge in [0.15, 0.2) is 0 Å². The molecule has 0 fully saturated rings. The molecule has 0 saturated heterocycles. The standard InChI is InChI=1S/C9H10O5S/c10-9(11)5-7-1-3-8(4-2-7)6-15(12,13)14/h1-4H,5-6H2,(H,10,11)(H,12,13,14). The third-order valence-corrected chi connectivity index (χ3v) is 2.43. The molecule has 1 rings (SSSR count). The van der Waals surface area contributed by atoms with Crippen molar-refractivity contribution in [1.29, 1.82) is 0 Å². The summed E-state index contributed by atoms with van der Waals surface area (Å²) < 4.78 is 29.6. The molecule has 0 saturated carbocycles. The van der Waals surface area contributed by atoms with Crippen LogP contribution in [0.3, 0.4) is 0 Å². The Morgan fingerprint density at radius 3 is 2.00 bits per heavy atom. The molecule has 1 aromatic carbocycles. The summed E-state index contributed by atoms with van der Waals surface area (Å²) in [5.74, 6) is -1.40. The molecule has 82 valence electrons. The van der Waals surface area contributed by atoms with E-state index in [1.165, 1.54) is 24.3 Å². The van der Waals surface area contributed by atoms with Gasteiger partial charge in [-0.05, 0) is 11.1 Å². The number of hydrogen-bond acceptors (Lipinski definition) is 3. The molecule has 0 radical (unpaired) electrons. The highest BCUT2D eigenvalue weighted by Gasteiger charge is 2.06. The summed E-state index contributed by atoms with van der Waals surface area (Å²) in [6, 6.07) is 6.00. The molecule has 5 nitrogen and oxygen atoms in total. The lowest BCUT2D eigenvalue weighted by Gasteiger charge is -2.00. The Hall–Kier alpha value is -1.40. The van der Waals surface area contributed by atoms with E-state index in [9.17, 15) is 13.2 Å². The molecule has 0 heterocycles. The SMILES string of the molecule is O=C(O)Cc1ccc(CS(=O)(=O)O)cc1. The van der Waals surface area contributed by atoms with Gasteiger partial charge in [0.25, 0.3) is 10.1 Å². The number of carboxylic acid groups (broad SMARTS) is 1. The van der Waals surface area contributed by atoms with Gasteiger partial charge in [-0.3, -0.25) is 9.35 Å². The van der Waals surface area contributed by atoms with Crippen LogP contribution < -0.4 is 0 Å². The van der Waals surface area contributed by atoms with Crippen molar-refractivity contribution in [2.24, 2.45) is 0 Å². The summed E-state index contributed by atoms with van der Waals surface area (Å²) in [5.41, 5.74) is 1.01. The normalized spacial score (nSPS) is 11.3. The molecule has 0 spiro atoms. The molecule has 6 heteroatoms. The molecular weight excluding hydrogens is 220 g/mol. The predicted molar refractivity (Wildman–Crippen MR) is 53.0 cm³/mol. The van der Waals surface area contributed by atoms with Gasteiger partial charge in [0, 0.05) is 0 Å². The molecule has 0 aliphatic heterocycles. The van der Waals surface area contributed by atoms with Crippen molar-refractivity contribution in [3.05, 3.63) is 35.4 Å². The van der Waals surface area contributed by atoms with E-state index in [2.05, 4.69) is 0 Å². The summed E-state index contributed by atoms with van der Waals surface area (Å²) in [6.45, 7) is 0.